The third-order valence-corrected chi connectivity index (χ3v) is 10.2. The van der Waals surface area contributed by atoms with Gasteiger partial charge in [0.2, 0.25) is 0 Å². The van der Waals surface area contributed by atoms with E-state index >= 15 is 0 Å². The summed E-state index contributed by atoms with van der Waals surface area (Å²) in [7, 11) is 0. The molecule has 0 spiro atoms. The maximum Gasteiger partial charge on any atom is 0.187 e. The van der Waals surface area contributed by atoms with Crippen molar-refractivity contribution in [3.05, 3.63) is 0 Å². The van der Waals surface area contributed by atoms with Gasteiger partial charge < -0.3 is 102 Å². The molecule has 21 heteroatoms. The summed E-state index contributed by atoms with van der Waals surface area (Å²) in [5.41, 5.74) is 0. The average Bonchev–Trinajstić information content (AvgIpc) is 3.20. The first-order valence-electron chi connectivity index (χ1n) is 19.9. The second-order valence-electron chi connectivity index (χ2n) is 13.8. The molecule has 0 aliphatic carbocycles. The van der Waals surface area contributed by atoms with Gasteiger partial charge in [-0.3, -0.25) is 0 Å². The molecule has 57 heavy (non-hydrogen) atoms. The Morgan fingerprint density at radius 3 is 1.32 bits per heavy atom. The summed E-state index contributed by atoms with van der Waals surface area (Å²) < 4.78 is 78.7. The topological polar surface area (TPSA) is 282 Å². The third-order valence-electron chi connectivity index (χ3n) is 10.2. The van der Waals surface area contributed by atoms with Crippen molar-refractivity contribution in [1.29, 1.82) is 0 Å². The van der Waals surface area contributed by atoms with Crippen LogP contribution in [-0.4, -0.2) is 230 Å². The number of aliphatic hydroxyl groups is 8. The van der Waals surface area contributed by atoms with E-state index in [0.717, 1.165) is 0 Å². The van der Waals surface area contributed by atoms with E-state index in [2.05, 4.69) is 0 Å². The van der Waals surface area contributed by atoms with Gasteiger partial charge >= 0.3 is 0 Å². The van der Waals surface area contributed by atoms with Crippen LogP contribution in [0.25, 0.3) is 0 Å². The molecule has 21 nitrogen and oxygen atoms in total. The van der Waals surface area contributed by atoms with Gasteiger partial charge in [0, 0.05) is 39.6 Å². The first-order chi connectivity index (χ1) is 27.4. The minimum absolute atomic E-state index is 0.0437. The fourth-order valence-electron chi connectivity index (χ4n) is 7.43. The van der Waals surface area contributed by atoms with E-state index in [0.29, 0.717) is 6.61 Å². The normalized spacial score (nSPS) is 44.3. The number of aliphatic hydroxyl groups excluding tert-OH is 8. The summed E-state index contributed by atoms with van der Waals surface area (Å²) >= 11 is 0. The van der Waals surface area contributed by atoms with Crippen LogP contribution in [0.2, 0.25) is 0 Å². The lowest BCUT2D eigenvalue weighted by Gasteiger charge is -2.51. The molecule has 20 atom stereocenters. The Labute approximate surface area is 332 Å². The molecule has 4 fully saturated rings. The molecule has 0 aromatic carbocycles. The first-order valence-corrected chi connectivity index (χ1v) is 19.9. The highest BCUT2D eigenvalue weighted by Gasteiger charge is 2.56. The average molecular weight is 835 g/mol. The summed E-state index contributed by atoms with van der Waals surface area (Å²) in [6.45, 7) is 10.7. The van der Waals surface area contributed by atoms with Gasteiger partial charge in [-0.2, -0.15) is 0 Å². The third kappa shape index (κ3) is 11.8. The van der Waals surface area contributed by atoms with Gasteiger partial charge in [-0.25, -0.2) is 0 Å². The van der Waals surface area contributed by atoms with E-state index in [1.165, 1.54) is 0 Å². The smallest absolute Gasteiger partial charge is 0.187 e. The van der Waals surface area contributed by atoms with Crippen molar-refractivity contribution in [1.82, 2.24) is 0 Å². The summed E-state index contributed by atoms with van der Waals surface area (Å²) in [6, 6.07) is 0. The van der Waals surface area contributed by atoms with E-state index in [9.17, 15) is 40.9 Å². The fraction of sp³-hybridized carbons (Fsp3) is 1.00. The number of hydrogen-bond acceptors (Lipinski definition) is 21. The molecule has 0 aromatic heterocycles. The monoisotopic (exact) mass is 834 g/mol. The van der Waals surface area contributed by atoms with Gasteiger partial charge in [0.05, 0.1) is 26.4 Å². The van der Waals surface area contributed by atoms with Crippen LogP contribution in [0, 0.1) is 0 Å². The Morgan fingerprint density at radius 1 is 0.368 bits per heavy atom. The molecule has 4 aliphatic rings. The molecule has 4 aliphatic heterocycles. The van der Waals surface area contributed by atoms with E-state index in [-0.39, 0.29) is 46.2 Å². The second-order valence-corrected chi connectivity index (χ2v) is 13.8. The van der Waals surface area contributed by atoms with Crippen molar-refractivity contribution in [3.63, 3.8) is 0 Å². The SMILES string of the molecule is CCOC[C@H]1O[C@@H](O[C@H]2[C@H](OCC)[C@@H](OCC)C(O)O[C@@H]2COCC)[C@H](OCC)[C@@H](OCC)[C@@H]1O[C@@H]1O[C@H](CO)[C@@H](O[C@@H]2O[C@H](CO)[C@H](O)[C@H](O)[C@H]2O)[C@H](O)[C@H]1O. The lowest BCUT2D eigenvalue weighted by atomic mass is 9.95. The molecule has 4 saturated heterocycles. The van der Waals surface area contributed by atoms with Gasteiger partial charge in [0.25, 0.3) is 0 Å². The molecule has 336 valence electrons. The van der Waals surface area contributed by atoms with Crippen molar-refractivity contribution in [3.8, 4) is 0 Å². The molecule has 0 amide bonds. The molecular formula is C36H66O21. The van der Waals surface area contributed by atoms with Gasteiger partial charge in [-0.15, -0.1) is 0 Å². The van der Waals surface area contributed by atoms with Gasteiger partial charge in [-0.1, -0.05) is 0 Å². The predicted octanol–water partition coefficient (Wildman–Crippen LogP) is -3.48. The van der Waals surface area contributed by atoms with Crippen LogP contribution in [0.5, 0.6) is 0 Å². The summed E-state index contributed by atoms with van der Waals surface area (Å²) in [5.74, 6) is 0. The lowest BCUT2D eigenvalue weighted by molar-refractivity contribution is -0.393. The number of hydrogen-bond donors (Lipinski definition) is 8. The fourth-order valence-corrected chi connectivity index (χ4v) is 7.43. The highest BCUT2D eigenvalue weighted by Crippen LogP contribution is 2.37. The zero-order chi connectivity index (χ0) is 41.8. The van der Waals surface area contributed by atoms with Crippen molar-refractivity contribution in [2.24, 2.45) is 0 Å². The molecule has 4 heterocycles. The maximum absolute atomic E-state index is 11.4. The van der Waals surface area contributed by atoms with Gasteiger partial charge in [0.15, 0.2) is 25.2 Å². The Bertz CT molecular complexity index is 1110. The highest BCUT2D eigenvalue weighted by molar-refractivity contribution is 4.99. The van der Waals surface area contributed by atoms with Crippen molar-refractivity contribution >= 4 is 0 Å². The van der Waals surface area contributed by atoms with E-state index in [1.54, 1.807) is 34.6 Å². The Hall–Kier alpha value is -0.840. The zero-order valence-electron chi connectivity index (χ0n) is 33.5. The molecule has 0 saturated carbocycles. The molecule has 0 aromatic rings. The van der Waals surface area contributed by atoms with Gasteiger partial charge in [-0.05, 0) is 41.5 Å². The molecule has 0 radical (unpaired) electrons. The van der Waals surface area contributed by atoms with Crippen LogP contribution >= 0.6 is 0 Å². The standard InChI is InChI=1S/C36H66O21/c1-7-45-15-19-27(29(47-9-3)31(49-11-5)33(44)51-19)57-36-32(50-12-6)30(48-10-4)28(20(54-36)16-46-8-2)56-35-25(43)23(41)26(18(14-38)53-35)55-34-24(42)22(40)21(39)17(13-37)52-34/h17-44H,7-16H2,1-6H3/t17-,18-,19-,20-,21+,22+,23-,24-,25-,26-,27-,28-,29+,30+,31-,32-,33?,34+,35+,36+/m1/s1. The highest BCUT2D eigenvalue weighted by atomic mass is 16.8. The minimum Gasteiger partial charge on any atom is -0.394 e. The van der Waals surface area contributed by atoms with Crippen LogP contribution in [0.4, 0.5) is 0 Å². The van der Waals surface area contributed by atoms with E-state index in [4.69, 9.17) is 61.6 Å². The second kappa shape index (κ2) is 24.0. The summed E-state index contributed by atoms with van der Waals surface area (Å²) in [6.07, 6.45) is -26.7. The molecular weight excluding hydrogens is 768 g/mol. The van der Waals surface area contributed by atoms with Crippen molar-refractivity contribution in [2.75, 3.05) is 66.1 Å². The minimum atomic E-state index is -1.84. The maximum atomic E-state index is 11.4. The van der Waals surface area contributed by atoms with Crippen LogP contribution in [0.1, 0.15) is 41.5 Å². The number of rotatable bonds is 22. The first kappa shape index (κ1) is 48.8. The molecule has 0 bridgehead atoms. The van der Waals surface area contributed by atoms with Crippen LogP contribution in [0.3, 0.4) is 0 Å². The Balaban J connectivity index is 1.62. The largest absolute Gasteiger partial charge is 0.394 e. The molecule has 4 rings (SSSR count). The predicted molar refractivity (Wildman–Crippen MR) is 190 cm³/mol. The van der Waals surface area contributed by atoms with Crippen LogP contribution < -0.4 is 0 Å². The van der Waals surface area contributed by atoms with Crippen molar-refractivity contribution < 1.29 is 102 Å². The molecule has 1 unspecified atom stereocenters. The summed E-state index contributed by atoms with van der Waals surface area (Å²) in [5, 5.41) is 84.5. The van der Waals surface area contributed by atoms with Gasteiger partial charge in [0.1, 0.15) is 97.7 Å². The Morgan fingerprint density at radius 2 is 0.789 bits per heavy atom. The Kier molecular flexibility index (Phi) is 20.5. The van der Waals surface area contributed by atoms with Crippen LogP contribution in [0.15, 0.2) is 0 Å². The lowest BCUT2D eigenvalue weighted by Crippen LogP contribution is -2.68. The van der Waals surface area contributed by atoms with E-state index in [1.807, 2.05) is 6.92 Å². The summed E-state index contributed by atoms with van der Waals surface area (Å²) in [4.78, 5) is 0. The van der Waals surface area contributed by atoms with Crippen LogP contribution in [-0.2, 0) is 61.6 Å². The van der Waals surface area contributed by atoms with E-state index < -0.39 is 136 Å². The zero-order valence-corrected chi connectivity index (χ0v) is 33.5. The quantitative estimate of drug-likeness (QED) is 0.0526. The van der Waals surface area contributed by atoms with Crippen molar-refractivity contribution in [2.45, 2.75) is 164 Å². The molecule has 8 N–H and O–H groups in total. The number of ether oxygens (including phenoxy) is 13.